The lowest BCUT2D eigenvalue weighted by atomic mass is 10.1. The molecule has 0 aliphatic carbocycles. The third-order valence-corrected chi connectivity index (χ3v) is 4.81. The van der Waals surface area contributed by atoms with E-state index < -0.39 is 0 Å². The van der Waals surface area contributed by atoms with Gasteiger partial charge >= 0.3 is 5.97 Å². The van der Waals surface area contributed by atoms with Crippen LogP contribution in [0.15, 0.2) is 29.1 Å². The summed E-state index contributed by atoms with van der Waals surface area (Å²) in [6.45, 7) is 2.45. The first-order valence-corrected chi connectivity index (χ1v) is 9.63. The molecule has 0 N–H and O–H groups in total. The smallest absolute Gasteiger partial charge is 0.305 e. The maximum absolute atomic E-state index is 12.9. The topological polar surface area (TPSA) is 103 Å². The molecule has 0 saturated carbocycles. The zero-order valence-electron chi connectivity index (χ0n) is 16.2. The number of carbonyl (C=O) groups is 1. The number of benzene rings is 1. The quantitative estimate of drug-likeness (QED) is 0.335. The van der Waals surface area contributed by atoms with Crippen molar-refractivity contribution >= 4 is 28.7 Å². The van der Waals surface area contributed by atoms with Crippen LogP contribution in [0.2, 0.25) is 5.28 Å². The highest BCUT2D eigenvalue weighted by Gasteiger charge is 2.18. The fraction of sp³-hybridized carbons (Fsp3) is 0.350. The van der Waals surface area contributed by atoms with Gasteiger partial charge in [0.25, 0.3) is 5.56 Å². The van der Waals surface area contributed by atoms with Gasteiger partial charge in [-0.05, 0) is 55.6 Å². The number of hydrogen-bond acceptors (Lipinski definition) is 6. The number of aromatic nitrogens is 4. The molecule has 0 spiro atoms. The first-order valence-electron chi connectivity index (χ1n) is 9.25. The maximum atomic E-state index is 12.9. The molecule has 0 saturated heterocycles. The molecule has 0 atom stereocenters. The molecule has 0 bridgehead atoms. The minimum Gasteiger partial charge on any atom is -0.466 e. The van der Waals surface area contributed by atoms with Crippen molar-refractivity contribution in [2.45, 2.75) is 32.7 Å². The Balaban J connectivity index is 1.87. The van der Waals surface area contributed by atoms with Crippen LogP contribution in [0.1, 0.15) is 31.7 Å². The Labute approximate surface area is 172 Å². The summed E-state index contributed by atoms with van der Waals surface area (Å²) in [6.07, 6.45) is 1.46. The molecule has 0 aliphatic heterocycles. The van der Waals surface area contributed by atoms with E-state index in [1.165, 1.54) is 4.57 Å². The molecule has 0 unspecified atom stereocenters. The van der Waals surface area contributed by atoms with Crippen LogP contribution >= 0.6 is 11.6 Å². The Morgan fingerprint density at radius 1 is 1.24 bits per heavy atom. The number of aryl methyl sites for hydroxylation is 1. The number of carbonyl (C=O) groups excluding carboxylic acids is 1. The molecule has 2 heterocycles. The van der Waals surface area contributed by atoms with Gasteiger partial charge in [0.05, 0.1) is 18.2 Å². The fourth-order valence-corrected chi connectivity index (χ4v) is 3.28. The van der Waals surface area contributed by atoms with E-state index in [0.717, 1.165) is 5.56 Å². The molecule has 1 aromatic carbocycles. The van der Waals surface area contributed by atoms with Crippen molar-refractivity contribution in [2.24, 2.45) is 7.05 Å². The van der Waals surface area contributed by atoms with E-state index in [1.54, 1.807) is 42.8 Å². The number of unbranched alkanes of at least 4 members (excludes halogenated alkanes) is 1. The standard InChI is InChI=1S/C20H20ClN5O3/c1-3-29-15(27)6-4-5-11-26-19(28)16-18(24-20(26)21)25(2)17(23-16)14-9-7-13(12-22)8-10-14/h7-10H,3-6,11H2,1-2H3. The van der Waals surface area contributed by atoms with Crippen molar-refractivity contribution in [1.82, 2.24) is 19.1 Å². The minimum atomic E-state index is -0.327. The Bertz CT molecular complexity index is 1140. The number of imidazole rings is 1. The minimum absolute atomic E-state index is 0.0769. The molecular formula is C20H20ClN5O3. The van der Waals surface area contributed by atoms with Crippen molar-refractivity contribution in [2.75, 3.05) is 6.61 Å². The summed E-state index contributed by atoms with van der Waals surface area (Å²) in [6, 6.07) is 9.00. The Hall–Kier alpha value is -3.18. The largest absolute Gasteiger partial charge is 0.466 e. The first kappa shape index (κ1) is 20.6. The van der Waals surface area contributed by atoms with Crippen molar-refractivity contribution in [3.63, 3.8) is 0 Å². The zero-order chi connectivity index (χ0) is 21.0. The van der Waals surface area contributed by atoms with Gasteiger partial charge in [-0.1, -0.05) is 0 Å². The summed E-state index contributed by atoms with van der Waals surface area (Å²) in [5, 5.41) is 9.02. The summed E-state index contributed by atoms with van der Waals surface area (Å²) in [5.41, 5.74) is 1.59. The maximum Gasteiger partial charge on any atom is 0.305 e. The van der Waals surface area contributed by atoms with Gasteiger partial charge in [0, 0.05) is 25.6 Å². The number of rotatable bonds is 7. The predicted molar refractivity (Wildman–Crippen MR) is 108 cm³/mol. The van der Waals surface area contributed by atoms with Gasteiger partial charge < -0.3 is 9.30 Å². The van der Waals surface area contributed by atoms with Gasteiger partial charge in [-0.2, -0.15) is 10.2 Å². The van der Waals surface area contributed by atoms with Crippen molar-refractivity contribution < 1.29 is 9.53 Å². The monoisotopic (exact) mass is 413 g/mol. The van der Waals surface area contributed by atoms with Crippen LogP contribution in [0.5, 0.6) is 0 Å². The first-order chi connectivity index (χ1) is 14.0. The van der Waals surface area contributed by atoms with E-state index in [1.807, 2.05) is 0 Å². The molecule has 0 amide bonds. The lowest BCUT2D eigenvalue weighted by molar-refractivity contribution is -0.143. The van der Waals surface area contributed by atoms with Crippen molar-refractivity contribution in [1.29, 1.82) is 5.26 Å². The van der Waals surface area contributed by atoms with Crippen LogP contribution in [-0.4, -0.2) is 31.7 Å². The Morgan fingerprint density at radius 3 is 2.62 bits per heavy atom. The highest BCUT2D eigenvalue weighted by Crippen LogP contribution is 2.22. The summed E-state index contributed by atoms with van der Waals surface area (Å²) < 4.78 is 7.96. The van der Waals surface area contributed by atoms with Crippen LogP contribution in [0.3, 0.4) is 0 Å². The number of esters is 1. The van der Waals surface area contributed by atoms with E-state index in [-0.39, 0.29) is 22.3 Å². The van der Waals surface area contributed by atoms with Gasteiger partial charge in [-0.15, -0.1) is 0 Å². The predicted octanol–water partition coefficient (Wildman–Crippen LogP) is 3.06. The molecule has 3 aromatic rings. The highest BCUT2D eigenvalue weighted by atomic mass is 35.5. The molecule has 0 fully saturated rings. The Kier molecular flexibility index (Phi) is 6.29. The van der Waals surface area contributed by atoms with Gasteiger partial charge in [0.1, 0.15) is 5.82 Å². The van der Waals surface area contributed by atoms with Crippen LogP contribution in [0.4, 0.5) is 0 Å². The number of nitriles is 1. The summed E-state index contributed by atoms with van der Waals surface area (Å²) in [5.74, 6) is 0.307. The molecule has 8 nitrogen and oxygen atoms in total. The number of halogens is 1. The zero-order valence-corrected chi connectivity index (χ0v) is 16.9. The van der Waals surface area contributed by atoms with Crippen LogP contribution in [0.25, 0.3) is 22.6 Å². The second-order valence-electron chi connectivity index (χ2n) is 6.46. The number of fused-ring (bicyclic) bond motifs is 1. The number of hydrogen-bond donors (Lipinski definition) is 0. The molecule has 2 aromatic heterocycles. The number of nitrogens with zero attached hydrogens (tertiary/aromatic N) is 5. The summed E-state index contributed by atoms with van der Waals surface area (Å²) >= 11 is 6.25. The third kappa shape index (κ3) is 4.30. The van der Waals surface area contributed by atoms with Crippen LogP contribution in [0, 0.1) is 11.3 Å². The van der Waals surface area contributed by atoms with Gasteiger partial charge in [-0.3, -0.25) is 14.2 Å². The van der Waals surface area contributed by atoms with Gasteiger partial charge in [0.15, 0.2) is 11.2 Å². The van der Waals surface area contributed by atoms with E-state index >= 15 is 0 Å². The van der Waals surface area contributed by atoms with Crippen LogP contribution in [-0.2, 0) is 23.1 Å². The van der Waals surface area contributed by atoms with Crippen LogP contribution < -0.4 is 5.56 Å². The van der Waals surface area contributed by atoms with Crippen molar-refractivity contribution in [3.8, 4) is 17.5 Å². The van der Waals surface area contributed by atoms with E-state index in [9.17, 15) is 9.59 Å². The van der Waals surface area contributed by atoms with E-state index in [0.29, 0.717) is 49.4 Å². The summed E-state index contributed by atoms with van der Waals surface area (Å²) in [4.78, 5) is 33.1. The second kappa shape index (κ2) is 8.88. The summed E-state index contributed by atoms with van der Waals surface area (Å²) in [7, 11) is 1.76. The second-order valence-corrected chi connectivity index (χ2v) is 6.79. The number of ether oxygens (including phenoxy) is 1. The molecule has 9 heteroatoms. The molecule has 0 aliphatic rings. The normalized spacial score (nSPS) is 10.8. The van der Waals surface area contributed by atoms with Gasteiger partial charge in [-0.25, -0.2) is 4.98 Å². The fourth-order valence-electron chi connectivity index (χ4n) is 3.04. The average molecular weight is 414 g/mol. The van der Waals surface area contributed by atoms with E-state index in [4.69, 9.17) is 21.6 Å². The molecule has 150 valence electrons. The molecule has 0 radical (unpaired) electrons. The van der Waals surface area contributed by atoms with E-state index in [2.05, 4.69) is 16.0 Å². The highest BCUT2D eigenvalue weighted by molar-refractivity contribution is 6.28. The molecule has 3 rings (SSSR count). The molecule has 29 heavy (non-hydrogen) atoms. The Morgan fingerprint density at radius 2 is 1.97 bits per heavy atom. The van der Waals surface area contributed by atoms with Crippen molar-refractivity contribution in [3.05, 3.63) is 45.5 Å². The average Bonchev–Trinajstić information content (AvgIpc) is 3.04. The lowest BCUT2D eigenvalue weighted by Gasteiger charge is -2.08. The SMILES string of the molecule is CCOC(=O)CCCCn1c(Cl)nc2c(nc(-c3ccc(C#N)cc3)n2C)c1=O. The lowest BCUT2D eigenvalue weighted by Crippen LogP contribution is -2.23. The third-order valence-electron chi connectivity index (χ3n) is 4.52. The van der Waals surface area contributed by atoms with Gasteiger partial charge in [0.2, 0.25) is 5.28 Å². The molecular weight excluding hydrogens is 394 g/mol.